The molecule has 0 atom stereocenters. The molecule has 0 aliphatic carbocycles. The van der Waals surface area contributed by atoms with E-state index >= 15 is 0 Å². The Bertz CT molecular complexity index is 123. The lowest BCUT2D eigenvalue weighted by molar-refractivity contribution is -0.137. The number of carbonyl (C=O) groups is 1. The highest BCUT2D eigenvalue weighted by atomic mass is 16.6. The first-order valence-corrected chi connectivity index (χ1v) is 4.15. The van der Waals surface area contributed by atoms with Gasteiger partial charge in [-0.2, -0.15) is 0 Å². The van der Waals surface area contributed by atoms with E-state index in [-0.39, 0.29) is 6.54 Å². The summed E-state index contributed by atoms with van der Waals surface area (Å²) in [5.74, 6) is -0.787. The monoisotopic (exact) mass is 191 g/mol. The molecule has 78 valence electrons. The standard InChI is InChI=1S/C4H9NO2.C4H8O2/c1-5(2)3-4(6)7;1-2-6-4-3-5-1/h3H2,1-2H3,(H,6,7);1-4H2. The Balaban J connectivity index is 0.000000223. The first-order valence-electron chi connectivity index (χ1n) is 4.15. The van der Waals surface area contributed by atoms with Gasteiger partial charge in [-0.05, 0) is 14.1 Å². The molecule has 5 heteroatoms. The van der Waals surface area contributed by atoms with Gasteiger partial charge in [-0.25, -0.2) is 0 Å². The van der Waals surface area contributed by atoms with Gasteiger partial charge in [0.2, 0.25) is 0 Å². The molecule has 0 aromatic rings. The minimum Gasteiger partial charge on any atom is -0.480 e. The normalized spacial score (nSPS) is 16.2. The average molecular weight is 191 g/mol. The molecule has 5 nitrogen and oxygen atoms in total. The second-order valence-corrected chi connectivity index (χ2v) is 2.86. The Hall–Kier alpha value is -0.650. The number of nitrogens with zero attached hydrogens (tertiary/aromatic N) is 1. The minimum absolute atomic E-state index is 0.111. The van der Waals surface area contributed by atoms with Crippen molar-refractivity contribution in [3.63, 3.8) is 0 Å². The maximum atomic E-state index is 9.77. The molecule has 0 aromatic heterocycles. The van der Waals surface area contributed by atoms with E-state index in [1.807, 2.05) is 0 Å². The number of carboxylic acid groups (broad SMARTS) is 1. The Kier molecular flexibility index (Phi) is 7.57. The molecular weight excluding hydrogens is 174 g/mol. The first-order chi connectivity index (χ1) is 6.13. The van der Waals surface area contributed by atoms with E-state index in [2.05, 4.69) is 0 Å². The van der Waals surface area contributed by atoms with E-state index in [1.165, 1.54) is 0 Å². The molecule has 1 heterocycles. The molecule has 1 saturated heterocycles. The van der Waals surface area contributed by atoms with Crippen LogP contribution in [-0.2, 0) is 14.3 Å². The molecule has 0 unspecified atom stereocenters. The third-order valence-electron chi connectivity index (χ3n) is 1.20. The van der Waals surface area contributed by atoms with Crippen molar-refractivity contribution < 1.29 is 19.4 Å². The predicted molar refractivity (Wildman–Crippen MR) is 47.8 cm³/mol. The van der Waals surface area contributed by atoms with Gasteiger partial charge in [0, 0.05) is 0 Å². The summed E-state index contributed by atoms with van der Waals surface area (Å²) in [6.45, 7) is 3.22. The van der Waals surface area contributed by atoms with E-state index in [4.69, 9.17) is 14.6 Å². The highest BCUT2D eigenvalue weighted by Crippen LogP contribution is 1.85. The summed E-state index contributed by atoms with van der Waals surface area (Å²) in [6, 6.07) is 0. The zero-order valence-corrected chi connectivity index (χ0v) is 8.15. The van der Waals surface area contributed by atoms with Crippen molar-refractivity contribution in [2.75, 3.05) is 47.1 Å². The van der Waals surface area contributed by atoms with Crippen molar-refractivity contribution in [1.29, 1.82) is 0 Å². The van der Waals surface area contributed by atoms with Crippen LogP contribution in [0.25, 0.3) is 0 Å². The number of rotatable bonds is 2. The van der Waals surface area contributed by atoms with Gasteiger partial charge in [-0.3, -0.25) is 9.69 Å². The zero-order chi connectivity index (χ0) is 10.1. The summed E-state index contributed by atoms with van der Waals surface area (Å²) < 4.78 is 9.89. The van der Waals surface area contributed by atoms with Gasteiger partial charge in [0.15, 0.2) is 0 Å². The molecule has 0 aromatic carbocycles. The zero-order valence-electron chi connectivity index (χ0n) is 8.15. The SMILES string of the molecule is C1COCCO1.CN(C)CC(=O)O. The summed E-state index contributed by atoms with van der Waals surface area (Å²) in [5.41, 5.74) is 0. The highest BCUT2D eigenvalue weighted by molar-refractivity contribution is 5.68. The highest BCUT2D eigenvalue weighted by Gasteiger charge is 1.95. The molecule has 0 radical (unpaired) electrons. The summed E-state index contributed by atoms with van der Waals surface area (Å²) in [5, 5.41) is 8.04. The van der Waals surface area contributed by atoms with Crippen LogP contribution in [0.1, 0.15) is 0 Å². The second-order valence-electron chi connectivity index (χ2n) is 2.86. The lowest BCUT2D eigenvalue weighted by atomic mass is 10.6. The maximum Gasteiger partial charge on any atom is 0.317 e. The molecule has 1 fully saturated rings. The fraction of sp³-hybridized carbons (Fsp3) is 0.875. The fourth-order valence-electron chi connectivity index (χ4n) is 0.710. The minimum atomic E-state index is -0.787. The summed E-state index contributed by atoms with van der Waals surface area (Å²) in [4.78, 5) is 11.4. The smallest absolute Gasteiger partial charge is 0.317 e. The number of ether oxygens (including phenoxy) is 2. The van der Waals surface area contributed by atoms with Crippen LogP contribution in [0.5, 0.6) is 0 Å². The molecule has 0 saturated carbocycles. The number of hydrogen-bond donors (Lipinski definition) is 1. The van der Waals surface area contributed by atoms with E-state index in [9.17, 15) is 4.79 Å². The Labute approximate surface area is 78.2 Å². The average Bonchev–Trinajstić information content (AvgIpc) is 2.06. The van der Waals surface area contributed by atoms with Crippen molar-refractivity contribution in [2.24, 2.45) is 0 Å². The Morgan fingerprint density at radius 2 is 1.62 bits per heavy atom. The predicted octanol–water partition coefficient (Wildman–Crippen LogP) is -0.334. The quantitative estimate of drug-likeness (QED) is 0.647. The van der Waals surface area contributed by atoms with E-state index < -0.39 is 5.97 Å². The van der Waals surface area contributed by atoms with Gasteiger partial charge < -0.3 is 14.6 Å². The van der Waals surface area contributed by atoms with Gasteiger partial charge >= 0.3 is 5.97 Å². The van der Waals surface area contributed by atoms with Crippen LogP contribution in [0.15, 0.2) is 0 Å². The largest absolute Gasteiger partial charge is 0.480 e. The van der Waals surface area contributed by atoms with Crippen LogP contribution >= 0.6 is 0 Å². The summed E-state index contributed by atoms with van der Waals surface area (Å²) in [6.07, 6.45) is 0. The molecule has 1 aliphatic rings. The van der Waals surface area contributed by atoms with Crippen LogP contribution in [0, 0.1) is 0 Å². The van der Waals surface area contributed by atoms with Crippen LogP contribution < -0.4 is 0 Å². The molecule has 0 bridgehead atoms. The fourth-order valence-corrected chi connectivity index (χ4v) is 0.710. The van der Waals surface area contributed by atoms with Gasteiger partial charge in [-0.1, -0.05) is 0 Å². The van der Waals surface area contributed by atoms with Crippen molar-refractivity contribution in [3.05, 3.63) is 0 Å². The molecular formula is C8H17NO4. The second kappa shape index (κ2) is 7.97. The topological polar surface area (TPSA) is 59.0 Å². The third-order valence-corrected chi connectivity index (χ3v) is 1.20. The van der Waals surface area contributed by atoms with Crippen molar-refractivity contribution >= 4 is 5.97 Å². The third kappa shape index (κ3) is 11.3. The van der Waals surface area contributed by atoms with Gasteiger partial charge in [0.05, 0.1) is 33.0 Å². The molecule has 0 amide bonds. The first kappa shape index (κ1) is 12.3. The summed E-state index contributed by atoms with van der Waals surface area (Å²) >= 11 is 0. The van der Waals surface area contributed by atoms with Crippen LogP contribution in [0.3, 0.4) is 0 Å². The van der Waals surface area contributed by atoms with Gasteiger partial charge in [-0.15, -0.1) is 0 Å². The maximum absolute atomic E-state index is 9.77. The lowest BCUT2D eigenvalue weighted by Crippen LogP contribution is -2.20. The number of carboxylic acids is 1. The molecule has 1 aliphatic heterocycles. The lowest BCUT2D eigenvalue weighted by Gasteiger charge is -2.09. The summed E-state index contributed by atoms with van der Waals surface area (Å²) in [7, 11) is 3.43. The van der Waals surface area contributed by atoms with E-state index in [0.29, 0.717) is 0 Å². The van der Waals surface area contributed by atoms with Crippen LogP contribution in [-0.4, -0.2) is 63.0 Å². The number of aliphatic carboxylic acids is 1. The van der Waals surface area contributed by atoms with Crippen molar-refractivity contribution in [2.45, 2.75) is 0 Å². The van der Waals surface area contributed by atoms with Crippen molar-refractivity contribution in [3.8, 4) is 0 Å². The van der Waals surface area contributed by atoms with Crippen LogP contribution in [0.4, 0.5) is 0 Å². The van der Waals surface area contributed by atoms with Crippen molar-refractivity contribution in [1.82, 2.24) is 4.90 Å². The van der Waals surface area contributed by atoms with Gasteiger partial charge in [0.1, 0.15) is 0 Å². The Morgan fingerprint density at radius 1 is 1.23 bits per heavy atom. The molecule has 1 N–H and O–H groups in total. The van der Waals surface area contributed by atoms with Crippen LogP contribution in [0.2, 0.25) is 0 Å². The number of hydrogen-bond acceptors (Lipinski definition) is 4. The van der Waals surface area contributed by atoms with E-state index in [0.717, 1.165) is 26.4 Å². The molecule has 1 rings (SSSR count). The Morgan fingerprint density at radius 3 is 1.69 bits per heavy atom. The van der Waals surface area contributed by atoms with E-state index in [1.54, 1.807) is 19.0 Å². The molecule has 13 heavy (non-hydrogen) atoms. The number of likely N-dealkylation sites (N-methyl/N-ethyl adjacent to an activating group) is 1. The van der Waals surface area contributed by atoms with Gasteiger partial charge in [0.25, 0.3) is 0 Å². The molecule has 0 spiro atoms.